The van der Waals surface area contributed by atoms with E-state index in [0.717, 1.165) is 11.1 Å². The molecule has 0 bridgehead atoms. The molecule has 1 N–H and O–H groups in total. The molecule has 19 heavy (non-hydrogen) atoms. The lowest BCUT2D eigenvalue weighted by molar-refractivity contribution is 0.0690. The van der Waals surface area contributed by atoms with E-state index in [1.54, 1.807) is 32.4 Å². The molecule has 0 spiro atoms. The minimum absolute atomic E-state index is 0.00520. The van der Waals surface area contributed by atoms with Crippen LogP contribution < -0.4 is 9.47 Å². The van der Waals surface area contributed by atoms with Gasteiger partial charge >= 0.3 is 5.97 Å². The molecule has 0 aliphatic heterocycles. The van der Waals surface area contributed by atoms with Crippen molar-refractivity contribution in [2.75, 3.05) is 14.2 Å². The Balaban J connectivity index is 2.47. The van der Waals surface area contributed by atoms with Crippen LogP contribution >= 0.6 is 0 Å². The van der Waals surface area contributed by atoms with Crippen LogP contribution in [0.4, 0.5) is 0 Å². The Morgan fingerprint density at radius 2 is 1.95 bits per heavy atom. The third kappa shape index (κ3) is 2.65. The van der Waals surface area contributed by atoms with E-state index in [-0.39, 0.29) is 5.69 Å². The Morgan fingerprint density at radius 3 is 2.47 bits per heavy atom. The molecular formula is C14H13NO4. The zero-order chi connectivity index (χ0) is 13.8. The molecule has 0 saturated heterocycles. The van der Waals surface area contributed by atoms with Crippen LogP contribution in [0, 0.1) is 0 Å². The van der Waals surface area contributed by atoms with E-state index in [1.165, 1.54) is 12.3 Å². The molecule has 1 aromatic carbocycles. The van der Waals surface area contributed by atoms with E-state index >= 15 is 0 Å². The standard InChI is InChI=1S/C14H13NO4/c1-18-10-4-6-13(19-2)11(7-10)9-3-5-12(14(16)17)15-8-9/h3-8H,1-2H3,(H,16,17). The molecule has 5 nitrogen and oxygen atoms in total. The molecule has 0 amide bonds. The fraction of sp³-hybridized carbons (Fsp3) is 0.143. The molecule has 1 aromatic heterocycles. The van der Waals surface area contributed by atoms with Crippen LogP contribution in [0.3, 0.4) is 0 Å². The molecule has 0 fully saturated rings. The first-order valence-corrected chi connectivity index (χ1v) is 5.57. The van der Waals surface area contributed by atoms with Crippen LogP contribution in [0.25, 0.3) is 11.1 Å². The van der Waals surface area contributed by atoms with Gasteiger partial charge < -0.3 is 14.6 Å². The number of hydrogen-bond donors (Lipinski definition) is 1. The Morgan fingerprint density at radius 1 is 1.16 bits per heavy atom. The van der Waals surface area contributed by atoms with Crippen molar-refractivity contribution in [3.63, 3.8) is 0 Å². The minimum Gasteiger partial charge on any atom is -0.497 e. The van der Waals surface area contributed by atoms with Crippen molar-refractivity contribution in [1.82, 2.24) is 4.98 Å². The summed E-state index contributed by atoms with van der Waals surface area (Å²) >= 11 is 0. The van der Waals surface area contributed by atoms with Crippen molar-refractivity contribution < 1.29 is 19.4 Å². The van der Waals surface area contributed by atoms with Crippen LogP contribution in [0.15, 0.2) is 36.5 Å². The molecular weight excluding hydrogens is 246 g/mol. The first-order chi connectivity index (χ1) is 9.15. The van der Waals surface area contributed by atoms with Gasteiger partial charge in [-0.3, -0.25) is 0 Å². The lowest BCUT2D eigenvalue weighted by atomic mass is 10.1. The fourth-order valence-corrected chi connectivity index (χ4v) is 1.72. The van der Waals surface area contributed by atoms with Gasteiger partial charge in [0.1, 0.15) is 17.2 Å². The highest BCUT2D eigenvalue weighted by molar-refractivity contribution is 5.86. The summed E-state index contributed by atoms with van der Waals surface area (Å²) < 4.78 is 10.4. The lowest BCUT2D eigenvalue weighted by Gasteiger charge is -2.10. The van der Waals surface area contributed by atoms with Crippen LogP contribution in [-0.4, -0.2) is 30.3 Å². The van der Waals surface area contributed by atoms with E-state index in [4.69, 9.17) is 14.6 Å². The van der Waals surface area contributed by atoms with Crippen LogP contribution in [0.1, 0.15) is 10.5 Å². The number of carboxylic acid groups (broad SMARTS) is 1. The smallest absolute Gasteiger partial charge is 0.354 e. The van der Waals surface area contributed by atoms with Crippen molar-refractivity contribution in [3.8, 4) is 22.6 Å². The Kier molecular flexibility index (Phi) is 3.66. The predicted molar refractivity (Wildman–Crippen MR) is 69.7 cm³/mol. The number of aromatic nitrogens is 1. The summed E-state index contributed by atoms with van der Waals surface area (Å²) in [4.78, 5) is 14.7. The van der Waals surface area contributed by atoms with Gasteiger partial charge in [-0.2, -0.15) is 0 Å². The fourth-order valence-electron chi connectivity index (χ4n) is 1.72. The second-order valence-electron chi connectivity index (χ2n) is 3.80. The average molecular weight is 259 g/mol. The quantitative estimate of drug-likeness (QED) is 0.913. The van der Waals surface area contributed by atoms with E-state index in [1.807, 2.05) is 6.07 Å². The third-order valence-corrected chi connectivity index (χ3v) is 2.70. The van der Waals surface area contributed by atoms with Crippen molar-refractivity contribution >= 4 is 5.97 Å². The van der Waals surface area contributed by atoms with Crippen molar-refractivity contribution in [1.29, 1.82) is 0 Å². The van der Waals surface area contributed by atoms with E-state index in [0.29, 0.717) is 11.5 Å². The van der Waals surface area contributed by atoms with Gasteiger partial charge in [0.15, 0.2) is 0 Å². The highest BCUT2D eigenvalue weighted by Crippen LogP contribution is 2.32. The molecule has 0 saturated carbocycles. The second kappa shape index (κ2) is 5.39. The number of rotatable bonds is 4. The SMILES string of the molecule is COc1ccc(OC)c(-c2ccc(C(=O)O)nc2)c1. The monoisotopic (exact) mass is 259 g/mol. The van der Waals surface area contributed by atoms with Gasteiger partial charge in [-0.15, -0.1) is 0 Å². The van der Waals surface area contributed by atoms with Gasteiger partial charge in [-0.25, -0.2) is 9.78 Å². The van der Waals surface area contributed by atoms with E-state index in [2.05, 4.69) is 4.98 Å². The maximum atomic E-state index is 10.8. The molecule has 2 rings (SSSR count). The number of carboxylic acids is 1. The molecule has 1 heterocycles. The van der Waals surface area contributed by atoms with Crippen LogP contribution in [-0.2, 0) is 0 Å². The molecule has 98 valence electrons. The molecule has 0 unspecified atom stereocenters. The predicted octanol–water partition coefficient (Wildman–Crippen LogP) is 2.46. The van der Waals surface area contributed by atoms with Gasteiger partial charge in [0.25, 0.3) is 0 Å². The Labute approximate surface area is 110 Å². The summed E-state index contributed by atoms with van der Waals surface area (Å²) in [6.45, 7) is 0. The van der Waals surface area contributed by atoms with Crippen molar-refractivity contribution in [3.05, 3.63) is 42.2 Å². The molecule has 0 radical (unpaired) electrons. The molecule has 0 aliphatic rings. The second-order valence-corrected chi connectivity index (χ2v) is 3.80. The average Bonchev–Trinajstić information content (AvgIpc) is 2.46. The zero-order valence-corrected chi connectivity index (χ0v) is 10.6. The number of ether oxygens (including phenoxy) is 2. The van der Waals surface area contributed by atoms with Gasteiger partial charge in [0.2, 0.25) is 0 Å². The normalized spacial score (nSPS) is 10.0. The summed E-state index contributed by atoms with van der Waals surface area (Å²) in [6, 6.07) is 8.54. The summed E-state index contributed by atoms with van der Waals surface area (Å²) in [7, 11) is 3.15. The van der Waals surface area contributed by atoms with E-state index in [9.17, 15) is 4.79 Å². The maximum absolute atomic E-state index is 10.8. The number of hydrogen-bond acceptors (Lipinski definition) is 4. The number of benzene rings is 1. The number of methoxy groups -OCH3 is 2. The number of aromatic carboxylic acids is 1. The van der Waals surface area contributed by atoms with Crippen LogP contribution in [0.5, 0.6) is 11.5 Å². The first kappa shape index (κ1) is 12.9. The molecule has 2 aromatic rings. The van der Waals surface area contributed by atoms with Gasteiger partial charge in [0, 0.05) is 17.3 Å². The van der Waals surface area contributed by atoms with Gasteiger partial charge in [-0.05, 0) is 24.3 Å². The molecule has 0 atom stereocenters. The number of pyridine rings is 1. The minimum atomic E-state index is -1.05. The van der Waals surface area contributed by atoms with E-state index < -0.39 is 5.97 Å². The third-order valence-electron chi connectivity index (χ3n) is 2.70. The summed E-state index contributed by atoms with van der Waals surface area (Å²) in [5, 5.41) is 8.82. The maximum Gasteiger partial charge on any atom is 0.354 e. The summed E-state index contributed by atoms with van der Waals surface area (Å²) in [6.07, 6.45) is 1.50. The lowest BCUT2D eigenvalue weighted by Crippen LogP contribution is -1.99. The molecule has 5 heteroatoms. The number of nitrogens with zero attached hydrogens (tertiary/aromatic N) is 1. The topological polar surface area (TPSA) is 68.7 Å². The van der Waals surface area contributed by atoms with Crippen molar-refractivity contribution in [2.24, 2.45) is 0 Å². The summed E-state index contributed by atoms with van der Waals surface area (Å²) in [5.74, 6) is 0.313. The highest BCUT2D eigenvalue weighted by Gasteiger charge is 2.10. The Bertz CT molecular complexity index is 593. The largest absolute Gasteiger partial charge is 0.497 e. The number of carbonyl (C=O) groups is 1. The highest BCUT2D eigenvalue weighted by atomic mass is 16.5. The van der Waals surface area contributed by atoms with Crippen molar-refractivity contribution in [2.45, 2.75) is 0 Å². The van der Waals surface area contributed by atoms with Gasteiger partial charge in [0.05, 0.1) is 14.2 Å². The molecule has 0 aliphatic carbocycles. The first-order valence-electron chi connectivity index (χ1n) is 5.57. The zero-order valence-electron chi connectivity index (χ0n) is 10.6. The van der Waals surface area contributed by atoms with Gasteiger partial charge in [-0.1, -0.05) is 6.07 Å². The van der Waals surface area contributed by atoms with Crippen LogP contribution in [0.2, 0.25) is 0 Å². The Hall–Kier alpha value is -2.56. The summed E-state index contributed by atoms with van der Waals surface area (Å²) in [5.41, 5.74) is 1.57.